The molecule has 140 valence electrons. The molecule has 4 heterocycles. The normalized spacial score (nSPS) is 16.3. The Kier molecular flexibility index (Phi) is 4.16. The van der Waals surface area contributed by atoms with Crippen molar-refractivity contribution >= 4 is 16.8 Å². The SMILES string of the molecule is O=C(CCc1c[nH]c2ccccc12)N1CCc2[nH]cnc2C1c1cccnc1. The van der Waals surface area contributed by atoms with E-state index >= 15 is 0 Å². The van der Waals surface area contributed by atoms with E-state index in [0.717, 1.165) is 28.9 Å². The molecule has 1 atom stereocenters. The molecule has 0 bridgehead atoms. The lowest BCUT2D eigenvalue weighted by Crippen LogP contribution is -2.40. The topological polar surface area (TPSA) is 77.7 Å². The largest absolute Gasteiger partial charge is 0.361 e. The van der Waals surface area contributed by atoms with Gasteiger partial charge >= 0.3 is 0 Å². The number of fused-ring (bicyclic) bond motifs is 2. The molecule has 1 unspecified atom stereocenters. The number of carbonyl (C=O) groups is 1. The number of rotatable bonds is 4. The first-order valence-electron chi connectivity index (χ1n) is 9.58. The average molecular weight is 371 g/mol. The minimum atomic E-state index is -0.181. The Morgan fingerprint density at radius 2 is 2.11 bits per heavy atom. The molecule has 6 heteroatoms. The van der Waals surface area contributed by atoms with Crippen molar-refractivity contribution in [2.45, 2.75) is 25.3 Å². The summed E-state index contributed by atoms with van der Waals surface area (Å²) in [7, 11) is 0. The number of para-hydroxylation sites is 1. The van der Waals surface area contributed by atoms with Crippen LogP contribution in [0.5, 0.6) is 0 Å². The van der Waals surface area contributed by atoms with E-state index in [1.165, 1.54) is 10.9 Å². The van der Waals surface area contributed by atoms with Crippen LogP contribution < -0.4 is 0 Å². The number of aromatic nitrogens is 4. The summed E-state index contributed by atoms with van der Waals surface area (Å²) >= 11 is 0. The van der Waals surface area contributed by atoms with Crippen LogP contribution in [0.2, 0.25) is 0 Å². The van der Waals surface area contributed by atoms with E-state index < -0.39 is 0 Å². The van der Waals surface area contributed by atoms with E-state index in [1.807, 2.05) is 41.6 Å². The maximum Gasteiger partial charge on any atom is 0.223 e. The molecular formula is C22H21N5O. The molecule has 0 saturated heterocycles. The lowest BCUT2D eigenvalue weighted by molar-refractivity contribution is -0.133. The zero-order valence-corrected chi connectivity index (χ0v) is 15.4. The predicted octanol–water partition coefficient (Wildman–Crippen LogP) is 3.39. The third-order valence-electron chi connectivity index (χ3n) is 5.53. The Morgan fingerprint density at radius 1 is 1.18 bits per heavy atom. The highest BCUT2D eigenvalue weighted by Crippen LogP contribution is 2.33. The summed E-state index contributed by atoms with van der Waals surface area (Å²) in [6.07, 6.45) is 9.29. The van der Waals surface area contributed by atoms with Crippen LogP contribution in [0.25, 0.3) is 10.9 Å². The Balaban J connectivity index is 1.40. The Bertz CT molecular complexity index is 1110. The van der Waals surface area contributed by atoms with Crippen LogP contribution in [0, 0.1) is 0 Å². The van der Waals surface area contributed by atoms with Gasteiger partial charge in [-0.25, -0.2) is 4.98 Å². The van der Waals surface area contributed by atoms with Crippen LogP contribution >= 0.6 is 0 Å². The number of carbonyl (C=O) groups excluding carboxylic acids is 1. The summed E-state index contributed by atoms with van der Waals surface area (Å²) in [5, 5.41) is 1.19. The van der Waals surface area contributed by atoms with Gasteiger partial charge in [0, 0.05) is 54.6 Å². The van der Waals surface area contributed by atoms with Gasteiger partial charge in [0.15, 0.2) is 0 Å². The summed E-state index contributed by atoms with van der Waals surface area (Å²) < 4.78 is 0. The van der Waals surface area contributed by atoms with Gasteiger partial charge in [0.2, 0.25) is 5.91 Å². The quantitative estimate of drug-likeness (QED) is 0.577. The minimum absolute atomic E-state index is 0.146. The van der Waals surface area contributed by atoms with Crippen molar-refractivity contribution in [3.05, 3.63) is 83.8 Å². The van der Waals surface area contributed by atoms with E-state index in [2.05, 4.69) is 32.1 Å². The number of H-pyrrole nitrogens is 2. The monoisotopic (exact) mass is 371 g/mol. The molecule has 0 saturated carbocycles. The second-order valence-electron chi connectivity index (χ2n) is 7.15. The maximum absolute atomic E-state index is 13.2. The standard InChI is InChI=1S/C22H21N5O/c28-20(8-7-15-13-24-18-6-2-1-5-17(15)18)27-11-9-19-21(26-14-25-19)22(27)16-4-3-10-23-12-16/h1-6,10,12-14,22,24H,7-9,11H2,(H,25,26). The van der Waals surface area contributed by atoms with Gasteiger partial charge in [-0.2, -0.15) is 0 Å². The first-order chi connectivity index (χ1) is 13.8. The van der Waals surface area contributed by atoms with Crippen molar-refractivity contribution in [2.75, 3.05) is 6.54 Å². The first-order valence-corrected chi connectivity index (χ1v) is 9.58. The lowest BCUT2D eigenvalue weighted by Gasteiger charge is -2.35. The van der Waals surface area contributed by atoms with Gasteiger partial charge < -0.3 is 14.9 Å². The number of imidazole rings is 1. The van der Waals surface area contributed by atoms with Gasteiger partial charge in [-0.1, -0.05) is 24.3 Å². The molecule has 1 amide bonds. The summed E-state index contributed by atoms with van der Waals surface area (Å²) in [5.41, 5.74) is 5.32. The van der Waals surface area contributed by atoms with E-state index in [0.29, 0.717) is 19.4 Å². The molecule has 28 heavy (non-hydrogen) atoms. The Labute approximate surface area is 162 Å². The number of nitrogens with zero attached hydrogens (tertiary/aromatic N) is 3. The fourth-order valence-electron chi connectivity index (χ4n) is 4.14. The summed E-state index contributed by atoms with van der Waals surface area (Å²) in [6, 6.07) is 11.9. The number of hydrogen-bond donors (Lipinski definition) is 2. The summed E-state index contributed by atoms with van der Waals surface area (Å²) in [6.45, 7) is 0.682. The molecule has 0 radical (unpaired) electrons. The second kappa shape index (κ2) is 6.96. The van der Waals surface area contributed by atoms with Crippen LogP contribution in [-0.4, -0.2) is 37.3 Å². The van der Waals surface area contributed by atoms with Gasteiger partial charge in [0.1, 0.15) is 6.04 Å². The van der Waals surface area contributed by atoms with Crippen molar-refractivity contribution in [1.29, 1.82) is 0 Å². The van der Waals surface area contributed by atoms with Crippen LogP contribution in [0.15, 0.2) is 61.3 Å². The van der Waals surface area contributed by atoms with E-state index in [4.69, 9.17) is 0 Å². The van der Waals surface area contributed by atoms with Crippen molar-refractivity contribution in [3.8, 4) is 0 Å². The first kappa shape index (κ1) is 16.7. The van der Waals surface area contributed by atoms with Crippen LogP contribution in [0.1, 0.15) is 35.0 Å². The van der Waals surface area contributed by atoms with E-state index in [9.17, 15) is 4.79 Å². The molecule has 0 fully saturated rings. The lowest BCUT2D eigenvalue weighted by atomic mass is 9.96. The van der Waals surface area contributed by atoms with Crippen LogP contribution in [-0.2, 0) is 17.6 Å². The predicted molar refractivity (Wildman–Crippen MR) is 107 cm³/mol. The number of aryl methyl sites for hydroxylation is 1. The van der Waals surface area contributed by atoms with Gasteiger partial charge in [-0.3, -0.25) is 9.78 Å². The number of aromatic amines is 2. The Hall–Kier alpha value is -3.41. The van der Waals surface area contributed by atoms with Gasteiger partial charge in [-0.05, 0) is 29.7 Å². The van der Waals surface area contributed by atoms with Crippen molar-refractivity contribution in [2.24, 2.45) is 0 Å². The van der Waals surface area contributed by atoms with Gasteiger partial charge in [0.05, 0.1) is 12.0 Å². The van der Waals surface area contributed by atoms with Gasteiger partial charge in [0.25, 0.3) is 0 Å². The third-order valence-corrected chi connectivity index (χ3v) is 5.53. The smallest absolute Gasteiger partial charge is 0.223 e. The maximum atomic E-state index is 13.2. The highest BCUT2D eigenvalue weighted by atomic mass is 16.2. The molecule has 5 rings (SSSR count). The van der Waals surface area contributed by atoms with E-state index in [1.54, 1.807) is 12.5 Å². The molecule has 0 spiro atoms. The molecule has 6 nitrogen and oxygen atoms in total. The second-order valence-corrected chi connectivity index (χ2v) is 7.15. The van der Waals surface area contributed by atoms with Crippen LogP contribution in [0.4, 0.5) is 0 Å². The number of nitrogens with one attached hydrogen (secondary N) is 2. The molecule has 1 aliphatic rings. The molecular weight excluding hydrogens is 350 g/mol. The van der Waals surface area contributed by atoms with E-state index in [-0.39, 0.29) is 11.9 Å². The fraction of sp³-hybridized carbons (Fsp3) is 0.227. The number of benzene rings is 1. The molecule has 4 aromatic rings. The summed E-state index contributed by atoms with van der Waals surface area (Å²) in [4.78, 5) is 30.4. The zero-order chi connectivity index (χ0) is 18.9. The van der Waals surface area contributed by atoms with Gasteiger partial charge in [-0.15, -0.1) is 0 Å². The van der Waals surface area contributed by atoms with Crippen molar-refractivity contribution < 1.29 is 4.79 Å². The number of pyridine rings is 1. The molecule has 0 aliphatic carbocycles. The Morgan fingerprint density at radius 3 is 3.00 bits per heavy atom. The molecule has 1 aromatic carbocycles. The number of amides is 1. The third kappa shape index (κ3) is 2.87. The molecule has 3 aromatic heterocycles. The fourth-order valence-corrected chi connectivity index (χ4v) is 4.14. The van der Waals surface area contributed by atoms with Crippen molar-refractivity contribution in [3.63, 3.8) is 0 Å². The highest BCUT2D eigenvalue weighted by Gasteiger charge is 2.33. The average Bonchev–Trinajstić information content (AvgIpc) is 3.39. The minimum Gasteiger partial charge on any atom is -0.361 e. The summed E-state index contributed by atoms with van der Waals surface area (Å²) in [5.74, 6) is 0.146. The zero-order valence-electron chi connectivity index (χ0n) is 15.4. The van der Waals surface area contributed by atoms with Crippen molar-refractivity contribution in [1.82, 2.24) is 24.8 Å². The number of hydrogen-bond acceptors (Lipinski definition) is 3. The molecule has 1 aliphatic heterocycles. The highest BCUT2D eigenvalue weighted by molar-refractivity contribution is 5.84. The van der Waals surface area contributed by atoms with Crippen LogP contribution in [0.3, 0.4) is 0 Å². The molecule has 2 N–H and O–H groups in total.